The van der Waals surface area contributed by atoms with Crippen molar-refractivity contribution in [3.05, 3.63) is 86.8 Å². The van der Waals surface area contributed by atoms with E-state index in [1.165, 1.54) is 40.0 Å². The number of anilines is 1. The molecule has 0 aliphatic carbocycles. The number of aryl methyl sites for hydroxylation is 1. The number of carboxylic acid groups (broad SMARTS) is 1. The van der Waals surface area contributed by atoms with Gasteiger partial charge in [0.15, 0.2) is 0 Å². The molecule has 3 aromatic rings. The van der Waals surface area contributed by atoms with Crippen molar-refractivity contribution < 1.29 is 24.8 Å². The minimum Gasteiger partial charge on any atom is -0.478 e. The summed E-state index contributed by atoms with van der Waals surface area (Å²) in [6.07, 6.45) is 1.51. The van der Waals surface area contributed by atoms with Crippen LogP contribution in [0, 0.1) is 6.92 Å². The number of carbonyl (C=O) groups is 2. The Morgan fingerprint density at radius 2 is 1.70 bits per heavy atom. The van der Waals surface area contributed by atoms with Gasteiger partial charge in [-0.15, -0.1) is 0 Å². The average molecular weight is 448 g/mol. The molecule has 1 aromatic heterocycles. The highest BCUT2D eigenvalue weighted by molar-refractivity contribution is 6.32. The van der Waals surface area contributed by atoms with E-state index in [1.54, 1.807) is 38.1 Å². The van der Waals surface area contributed by atoms with Gasteiger partial charge in [-0.1, -0.05) is 12.1 Å². The fraction of sp³-hybridized carbons (Fsp3) is 0.130. The summed E-state index contributed by atoms with van der Waals surface area (Å²) >= 11 is 0. The van der Waals surface area contributed by atoms with Crippen LogP contribution in [0.1, 0.15) is 34.1 Å². The number of hydrazone groups is 1. The van der Waals surface area contributed by atoms with Crippen LogP contribution in [0.2, 0.25) is 0 Å². The zero-order chi connectivity index (χ0) is 23.7. The maximum atomic E-state index is 13.1. The first-order valence-corrected chi connectivity index (χ1v) is 9.92. The number of hydrogen-bond acceptors (Lipinski definition) is 6. The number of nitrogens with one attached hydrogen (secondary N) is 1. The highest BCUT2D eigenvalue weighted by Gasteiger charge is 2.29. The summed E-state index contributed by atoms with van der Waals surface area (Å²) in [5, 5.41) is 26.1. The second kappa shape index (κ2) is 8.69. The van der Waals surface area contributed by atoms with Crippen molar-refractivity contribution in [1.29, 1.82) is 0 Å². The van der Waals surface area contributed by atoms with Gasteiger partial charge in [0, 0.05) is 5.69 Å². The molecule has 33 heavy (non-hydrogen) atoms. The Bertz CT molecular complexity index is 1350. The summed E-state index contributed by atoms with van der Waals surface area (Å²) < 4.78 is 1.36. The zero-order valence-electron chi connectivity index (χ0n) is 17.8. The van der Waals surface area contributed by atoms with Crippen LogP contribution in [0.5, 0.6) is 0 Å². The Morgan fingerprint density at radius 3 is 2.30 bits per heavy atom. The number of benzene rings is 2. The van der Waals surface area contributed by atoms with Crippen molar-refractivity contribution in [2.75, 3.05) is 5.01 Å². The molecule has 4 rings (SSSR count). The molecule has 10 nitrogen and oxygen atoms in total. The molecule has 0 atom stereocenters. The molecule has 2 heterocycles. The number of aromatic amines is 1. The summed E-state index contributed by atoms with van der Waals surface area (Å²) in [4.78, 5) is 41.2. The topological polar surface area (TPSA) is 137 Å². The fourth-order valence-corrected chi connectivity index (χ4v) is 3.48. The number of rotatable bonds is 6. The summed E-state index contributed by atoms with van der Waals surface area (Å²) in [6.45, 7) is 3.43. The van der Waals surface area contributed by atoms with E-state index in [0.29, 0.717) is 28.3 Å². The van der Waals surface area contributed by atoms with Crippen molar-refractivity contribution >= 4 is 29.4 Å². The van der Waals surface area contributed by atoms with Crippen molar-refractivity contribution in [2.45, 2.75) is 20.5 Å². The molecule has 10 heteroatoms. The van der Waals surface area contributed by atoms with Crippen molar-refractivity contribution in [3.8, 4) is 5.69 Å². The third-order valence-electron chi connectivity index (χ3n) is 5.25. The lowest BCUT2D eigenvalue weighted by Gasteiger charge is -2.11. The van der Waals surface area contributed by atoms with E-state index in [-0.39, 0.29) is 23.3 Å². The number of aromatic carboxylic acids is 1. The summed E-state index contributed by atoms with van der Waals surface area (Å²) in [7, 11) is 0. The minimum atomic E-state index is -1.06. The normalized spacial score (nSPS) is 14.8. The lowest BCUT2D eigenvalue weighted by Crippen LogP contribution is -2.22. The van der Waals surface area contributed by atoms with E-state index >= 15 is 0 Å². The van der Waals surface area contributed by atoms with Gasteiger partial charge < -0.3 is 5.11 Å². The molecule has 0 saturated carbocycles. The number of H-pyrrole nitrogens is 1. The molecule has 1 aliphatic rings. The molecular weight excluding hydrogens is 428 g/mol. The molecule has 0 saturated heterocycles. The van der Waals surface area contributed by atoms with Gasteiger partial charge in [0.05, 0.1) is 33.8 Å². The highest BCUT2D eigenvalue weighted by Crippen LogP contribution is 2.25. The van der Waals surface area contributed by atoms with Gasteiger partial charge >= 0.3 is 5.97 Å². The van der Waals surface area contributed by atoms with Gasteiger partial charge in [0.25, 0.3) is 11.5 Å². The van der Waals surface area contributed by atoms with Crippen LogP contribution in [-0.2, 0) is 16.3 Å². The third-order valence-corrected chi connectivity index (χ3v) is 5.25. The maximum Gasteiger partial charge on any atom is 0.335 e. The Hall–Kier alpha value is -4.28. The SMILES string of the molecule is CC1=NN(c2ccc(C(=O)O)cc2)C(=O)C1=Cc1c(C)[nH]n(-c2ccc(COO)cc2)c1=O. The molecule has 168 valence electrons. The Morgan fingerprint density at radius 1 is 1.06 bits per heavy atom. The Labute approximate surface area is 187 Å². The Kier molecular flexibility index (Phi) is 5.78. The van der Waals surface area contributed by atoms with Crippen LogP contribution in [0.15, 0.2) is 64.0 Å². The quantitative estimate of drug-likeness (QED) is 0.301. The molecular formula is C23H20N4O6. The molecule has 0 radical (unpaired) electrons. The first-order valence-electron chi connectivity index (χ1n) is 9.92. The number of carboxylic acids is 1. The van der Waals surface area contributed by atoms with Gasteiger partial charge in [-0.05, 0) is 61.9 Å². The fourth-order valence-electron chi connectivity index (χ4n) is 3.48. The van der Waals surface area contributed by atoms with E-state index in [1.807, 2.05) is 0 Å². The lowest BCUT2D eigenvalue weighted by molar-refractivity contribution is -0.253. The second-order valence-corrected chi connectivity index (χ2v) is 7.44. The monoisotopic (exact) mass is 448 g/mol. The smallest absolute Gasteiger partial charge is 0.335 e. The van der Waals surface area contributed by atoms with Crippen LogP contribution in [0.25, 0.3) is 11.8 Å². The Balaban J connectivity index is 1.65. The molecule has 0 bridgehead atoms. The van der Waals surface area contributed by atoms with Gasteiger partial charge in [-0.3, -0.25) is 19.9 Å². The number of hydrogen-bond donors (Lipinski definition) is 3. The summed E-state index contributed by atoms with van der Waals surface area (Å²) in [5.41, 5.74) is 3.08. The largest absolute Gasteiger partial charge is 0.478 e. The number of nitrogens with zero attached hydrogens (tertiary/aromatic N) is 3. The van der Waals surface area contributed by atoms with E-state index in [2.05, 4.69) is 15.1 Å². The minimum absolute atomic E-state index is 0.0343. The maximum absolute atomic E-state index is 13.1. The molecule has 0 unspecified atom stereocenters. The average Bonchev–Trinajstić information content (AvgIpc) is 3.25. The molecule has 0 fully saturated rings. The van der Waals surface area contributed by atoms with Crippen LogP contribution < -0.4 is 10.6 Å². The van der Waals surface area contributed by atoms with Gasteiger partial charge in [0.1, 0.15) is 6.61 Å². The predicted octanol–water partition coefficient (Wildman–Crippen LogP) is 2.97. The molecule has 1 amide bonds. The molecule has 1 aliphatic heterocycles. The zero-order valence-corrected chi connectivity index (χ0v) is 17.8. The van der Waals surface area contributed by atoms with Crippen molar-refractivity contribution in [1.82, 2.24) is 9.78 Å². The predicted molar refractivity (Wildman–Crippen MR) is 121 cm³/mol. The van der Waals surface area contributed by atoms with Crippen molar-refractivity contribution in [2.24, 2.45) is 5.10 Å². The molecule has 2 aromatic carbocycles. The first-order chi connectivity index (χ1) is 15.8. The molecule has 3 N–H and O–H groups in total. The van der Waals surface area contributed by atoms with Gasteiger partial charge in [-0.25, -0.2) is 14.4 Å². The molecule has 0 spiro atoms. The first kappa shape index (κ1) is 21.9. The van der Waals surface area contributed by atoms with Gasteiger partial charge in [0.2, 0.25) is 0 Å². The number of carbonyl (C=O) groups excluding carboxylic acids is 1. The van der Waals surface area contributed by atoms with Crippen LogP contribution in [-0.4, -0.2) is 37.7 Å². The standard InChI is InChI=1S/C23H20N4O6/c1-13-19(21(28)26(24-13)17-7-3-15(4-8-17)12-33-32)11-20-14(2)25-27(22(20)29)18-9-5-16(6-10-18)23(30)31/h3-11,24,32H,12H2,1-2H3,(H,30,31). The van der Waals surface area contributed by atoms with Gasteiger partial charge in [-0.2, -0.15) is 10.1 Å². The van der Waals surface area contributed by atoms with E-state index in [4.69, 9.17) is 10.4 Å². The number of aromatic nitrogens is 2. The summed E-state index contributed by atoms with van der Waals surface area (Å²) in [6, 6.07) is 12.6. The lowest BCUT2D eigenvalue weighted by atomic mass is 10.1. The van der Waals surface area contributed by atoms with Crippen molar-refractivity contribution in [3.63, 3.8) is 0 Å². The van der Waals surface area contributed by atoms with E-state index in [0.717, 1.165) is 5.56 Å². The van der Waals surface area contributed by atoms with E-state index < -0.39 is 11.9 Å². The third kappa shape index (κ3) is 4.12. The number of amides is 1. The van der Waals surface area contributed by atoms with Crippen LogP contribution in [0.4, 0.5) is 5.69 Å². The van der Waals surface area contributed by atoms with E-state index in [9.17, 15) is 14.4 Å². The summed E-state index contributed by atoms with van der Waals surface area (Å²) in [5.74, 6) is -1.49. The van der Waals surface area contributed by atoms with Crippen LogP contribution in [0.3, 0.4) is 0 Å². The highest BCUT2D eigenvalue weighted by atomic mass is 17.1. The van der Waals surface area contributed by atoms with Crippen LogP contribution >= 0.6 is 0 Å². The second-order valence-electron chi connectivity index (χ2n) is 7.44.